The van der Waals surface area contributed by atoms with Crippen molar-refractivity contribution < 1.29 is 0 Å². The molecule has 0 saturated heterocycles. The topological polar surface area (TPSA) is 126 Å². The molecule has 2 rings (SSSR count). The summed E-state index contributed by atoms with van der Waals surface area (Å²) in [6, 6.07) is 0. The zero-order chi connectivity index (χ0) is 15.6. The monoisotopic (exact) mass is 311 g/mol. The molecule has 0 atom stereocenters. The number of hydrogen-bond acceptors (Lipinski definition) is 6. The fourth-order valence-corrected chi connectivity index (χ4v) is 2.47. The maximum absolute atomic E-state index is 11.8. The Labute approximate surface area is 123 Å². The summed E-state index contributed by atoms with van der Waals surface area (Å²) in [5, 5.41) is 4.52. The third-order valence-electron chi connectivity index (χ3n) is 2.81. The molecular weight excluding hydrogens is 294 g/mol. The normalized spacial score (nSPS) is 11.0. The third kappa shape index (κ3) is 3.43. The van der Waals surface area contributed by atoms with Crippen molar-refractivity contribution >= 4 is 22.8 Å². The number of aromatic amines is 2. The predicted octanol–water partition coefficient (Wildman–Crippen LogP) is 0.137. The van der Waals surface area contributed by atoms with E-state index in [0.717, 1.165) is 11.3 Å². The van der Waals surface area contributed by atoms with Gasteiger partial charge in [-0.2, -0.15) is 0 Å². The summed E-state index contributed by atoms with van der Waals surface area (Å²) in [6.07, 6.45) is 0. The maximum Gasteiger partial charge on any atom is 0.330 e. The van der Waals surface area contributed by atoms with Crippen LogP contribution in [-0.4, -0.2) is 14.5 Å². The van der Waals surface area contributed by atoms with Gasteiger partial charge in [0.2, 0.25) is 0 Å². The first-order valence-corrected chi connectivity index (χ1v) is 7.29. The molecular formula is C12H17N5O3S. The molecule has 8 nitrogen and oxygen atoms in total. The second-order valence-electron chi connectivity index (χ2n) is 5.05. The lowest BCUT2D eigenvalue weighted by Crippen LogP contribution is -2.35. The van der Waals surface area contributed by atoms with Gasteiger partial charge in [0.05, 0.1) is 6.54 Å². The van der Waals surface area contributed by atoms with E-state index in [2.05, 4.69) is 15.3 Å². The van der Waals surface area contributed by atoms with Gasteiger partial charge in [-0.3, -0.25) is 19.1 Å². The quantitative estimate of drug-likeness (QED) is 0.625. The van der Waals surface area contributed by atoms with Gasteiger partial charge in [0.15, 0.2) is 0 Å². The molecule has 0 aliphatic carbocycles. The molecule has 0 bridgehead atoms. The van der Waals surface area contributed by atoms with Crippen LogP contribution in [0.25, 0.3) is 0 Å². The van der Waals surface area contributed by atoms with Crippen molar-refractivity contribution in [3.8, 4) is 0 Å². The molecule has 0 saturated carbocycles. The number of nitrogens with zero attached hydrogens (tertiary/aromatic N) is 1. The Morgan fingerprint density at radius 1 is 1.33 bits per heavy atom. The number of aromatic nitrogens is 3. The summed E-state index contributed by atoms with van der Waals surface area (Å²) >= 11 is 1.04. The van der Waals surface area contributed by atoms with Crippen molar-refractivity contribution in [3.63, 3.8) is 0 Å². The number of H-pyrrole nitrogens is 2. The maximum atomic E-state index is 11.8. The van der Waals surface area contributed by atoms with E-state index in [1.165, 1.54) is 4.57 Å². The summed E-state index contributed by atoms with van der Waals surface area (Å²) in [4.78, 5) is 39.4. The molecule has 0 amide bonds. The molecule has 0 radical (unpaired) electrons. The van der Waals surface area contributed by atoms with E-state index in [-0.39, 0.29) is 28.8 Å². The van der Waals surface area contributed by atoms with Crippen LogP contribution in [0.1, 0.15) is 19.5 Å². The minimum absolute atomic E-state index is 0.0926. The Hall–Kier alpha value is -2.29. The second kappa shape index (κ2) is 6.00. The number of nitrogen functional groups attached to an aromatic ring is 1. The highest BCUT2D eigenvalue weighted by Crippen LogP contribution is 2.12. The summed E-state index contributed by atoms with van der Waals surface area (Å²) in [7, 11) is 0. The van der Waals surface area contributed by atoms with Crippen molar-refractivity contribution in [1.82, 2.24) is 14.5 Å². The van der Waals surface area contributed by atoms with Gasteiger partial charge in [-0.1, -0.05) is 25.2 Å². The fourth-order valence-electron chi connectivity index (χ4n) is 1.89. The molecule has 9 heteroatoms. The lowest BCUT2D eigenvalue weighted by Gasteiger charge is -2.15. The van der Waals surface area contributed by atoms with Crippen LogP contribution >= 0.6 is 11.3 Å². The van der Waals surface area contributed by atoms with Gasteiger partial charge in [0.25, 0.3) is 5.56 Å². The van der Waals surface area contributed by atoms with E-state index >= 15 is 0 Å². The van der Waals surface area contributed by atoms with Crippen LogP contribution in [0.15, 0.2) is 19.8 Å². The van der Waals surface area contributed by atoms with Gasteiger partial charge in [-0.15, -0.1) is 0 Å². The van der Waals surface area contributed by atoms with Crippen molar-refractivity contribution in [1.29, 1.82) is 0 Å². The molecule has 2 heterocycles. The van der Waals surface area contributed by atoms with Crippen LogP contribution in [0.3, 0.4) is 0 Å². The summed E-state index contributed by atoms with van der Waals surface area (Å²) in [5.74, 6) is 0.298. The molecule has 5 N–H and O–H groups in total. The van der Waals surface area contributed by atoms with Crippen LogP contribution < -0.4 is 27.2 Å². The molecule has 21 heavy (non-hydrogen) atoms. The average molecular weight is 311 g/mol. The molecule has 0 spiro atoms. The summed E-state index contributed by atoms with van der Waals surface area (Å²) in [6.45, 7) is 4.54. The number of nitrogens with two attached hydrogens (primary N) is 1. The Morgan fingerprint density at radius 2 is 2.05 bits per heavy atom. The molecule has 0 aromatic carbocycles. The van der Waals surface area contributed by atoms with Crippen LogP contribution in [0.4, 0.5) is 11.5 Å². The molecule has 0 aliphatic rings. The van der Waals surface area contributed by atoms with E-state index < -0.39 is 11.2 Å². The first-order valence-electron chi connectivity index (χ1n) is 6.41. The van der Waals surface area contributed by atoms with Gasteiger partial charge in [-0.05, 0) is 5.92 Å². The van der Waals surface area contributed by atoms with Gasteiger partial charge < -0.3 is 16.0 Å². The van der Waals surface area contributed by atoms with Crippen LogP contribution in [0.2, 0.25) is 0 Å². The van der Waals surface area contributed by atoms with E-state index in [1.54, 1.807) is 5.38 Å². The Kier molecular flexibility index (Phi) is 4.32. The zero-order valence-electron chi connectivity index (χ0n) is 11.7. The van der Waals surface area contributed by atoms with E-state index in [0.29, 0.717) is 12.2 Å². The van der Waals surface area contributed by atoms with Gasteiger partial charge in [0.1, 0.15) is 11.5 Å². The SMILES string of the molecule is CC(C)Cn1c(N)c(NCc2csc(=O)[nH]2)c(=O)[nH]c1=O. The van der Waals surface area contributed by atoms with Crippen molar-refractivity contribution in [2.75, 3.05) is 11.1 Å². The second-order valence-corrected chi connectivity index (χ2v) is 5.89. The summed E-state index contributed by atoms with van der Waals surface area (Å²) < 4.78 is 1.32. The van der Waals surface area contributed by atoms with Crippen molar-refractivity contribution in [2.24, 2.45) is 5.92 Å². The summed E-state index contributed by atoms with van der Waals surface area (Å²) in [5.41, 5.74) is 5.58. The highest BCUT2D eigenvalue weighted by molar-refractivity contribution is 7.07. The Balaban J connectivity index is 2.32. The van der Waals surface area contributed by atoms with Crippen LogP contribution in [-0.2, 0) is 13.1 Å². The van der Waals surface area contributed by atoms with Crippen molar-refractivity contribution in [3.05, 3.63) is 41.6 Å². The Morgan fingerprint density at radius 3 is 2.62 bits per heavy atom. The number of thiazole rings is 1. The fraction of sp³-hybridized carbons (Fsp3) is 0.417. The minimum Gasteiger partial charge on any atom is -0.383 e. The largest absolute Gasteiger partial charge is 0.383 e. The smallest absolute Gasteiger partial charge is 0.330 e. The third-order valence-corrected chi connectivity index (χ3v) is 3.53. The molecule has 0 unspecified atom stereocenters. The van der Waals surface area contributed by atoms with E-state index in [9.17, 15) is 14.4 Å². The van der Waals surface area contributed by atoms with E-state index in [1.807, 2.05) is 13.8 Å². The standard InChI is InChI=1S/C12H17N5O3S/c1-6(2)4-17-9(13)8(10(18)16-11(17)19)14-3-7-5-21-12(20)15-7/h5-6,14H,3-4,13H2,1-2H3,(H,15,20)(H,16,18,19). The lowest BCUT2D eigenvalue weighted by atomic mass is 10.2. The molecule has 114 valence electrons. The van der Waals surface area contributed by atoms with Crippen LogP contribution in [0, 0.1) is 5.92 Å². The Bertz CT molecular complexity index is 798. The number of rotatable bonds is 5. The van der Waals surface area contributed by atoms with Crippen molar-refractivity contribution in [2.45, 2.75) is 26.9 Å². The molecule has 2 aromatic rings. The minimum atomic E-state index is -0.574. The van der Waals surface area contributed by atoms with Gasteiger partial charge in [-0.25, -0.2) is 4.79 Å². The highest BCUT2D eigenvalue weighted by Gasteiger charge is 2.13. The van der Waals surface area contributed by atoms with E-state index in [4.69, 9.17) is 5.73 Å². The van der Waals surface area contributed by atoms with Gasteiger partial charge >= 0.3 is 10.6 Å². The number of anilines is 2. The zero-order valence-corrected chi connectivity index (χ0v) is 12.5. The molecule has 2 aromatic heterocycles. The van der Waals surface area contributed by atoms with Crippen LogP contribution in [0.5, 0.6) is 0 Å². The molecule has 0 aliphatic heterocycles. The number of nitrogens with one attached hydrogen (secondary N) is 3. The average Bonchev–Trinajstić information content (AvgIpc) is 2.80. The highest BCUT2D eigenvalue weighted by atomic mass is 32.1. The van der Waals surface area contributed by atoms with Gasteiger partial charge in [0, 0.05) is 17.6 Å². The first kappa shape index (κ1) is 15.1. The molecule has 0 fully saturated rings. The predicted molar refractivity (Wildman–Crippen MR) is 82.8 cm³/mol. The lowest BCUT2D eigenvalue weighted by molar-refractivity contribution is 0.508. The number of hydrogen-bond donors (Lipinski definition) is 4. The first-order chi connectivity index (χ1) is 9.88.